The monoisotopic (exact) mass is 508 g/mol. The number of nitrogens with zero attached hydrogens (tertiary/aromatic N) is 2. The third-order valence-electron chi connectivity index (χ3n) is 7.07. The van der Waals surface area contributed by atoms with Crippen molar-refractivity contribution in [2.45, 2.75) is 38.3 Å². The molecule has 2 aromatic rings. The van der Waals surface area contributed by atoms with Gasteiger partial charge in [0.05, 0.1) is 23.1 Å². The maximum atomic E-state index is 13.6. The van der Waals surface area contributed by atoms with Gasteiger partial charge < -0.3 is 25.7 Å². The van der Waals surface area contributed by atoms with Crippen LogP contribution in [-0.2, 0) is 21.7 Å². The molecule has 10 nitrogen and oxygen atoms in total. The molecule has 2 aromatic carbocycles. The van der Waals surface area contributed by atoms with Crippen LogP contribution in [0.15, 0.2) is 54.6 Å². The number of nitro groups is 1. The van der Waals surface area contributed by atoms with E-state index in [9.17, 15) is 24.8 Å². The third-order valence-corrected chi connectivity index (χ3v) is 7.07. The van der Waals surface area contributed by atoms with Crippen molar-refractivity contribution in [3.63, 3.8) is 0 Å². The van der Waals surface area contributed by atoms with Gasteiger partial charge in [0.25, 0.3) is 11.6 Å². The van der Waals surface area contributed by atoms with Crippen molar-refractivity contribution >= 4 is 28.9 Å². The predicted molar refractivity (Wildman–Crippen MR) is 139 cm³/mol. The molecular weight excluding hydrogens is 476 g/mol. The molecule has 0 bridgehead atoms. The summed E-state index contributed by atoms with van der Waals surface area (Å²) in [6, 6.07) is 11.2. The van der Waals surface area contributed by atoms with Gasteiger partial charge in [0, 0.05) is 42.5 Å². The second kappa shape index (κ2) is 11.2. The van der Waals surface area contributed by atoms with Crippen LogP contribution in [0.5, 0.6) is 0 Å². The summed E-state index contributed by atoms with van der Waals surface area (Å²) in [6.07, 6.45) is 5.49. The molecule has 1 unspecified atom stereocenters. The fourth-order valence-corrected chi connectivity index (χ4v) is 4.92. The molecule has 2 aliphatic heterocycles. The smallest absolute Gasteiger partial charge is 0.269 e. The molecule has 2 aliphatic rings. The molecule has 2 heterocycles. The van der Waals surface area contributed by atoms with Crippen LogP contribution in [-0.4, -0.2) is 46.6 Å². The fourth-order valence-electron chi connectivity index (χ4n) is 4.92. The highest BCUT2D eigenvalue weighted by molar-refractivity contribution is 6.07. The van der Waals surface area contributed by atoms with E-state index in [4.69, 9.17) is 5.11 Å². The number of aliphatic hydroxyl groups excluding tert-OH is 1. The average molecular weight is 509 g/mol. The van der Waals surface area contributed by atoms with E-state index in [0.29, 0.717) is 24.3 Å². The van der Waals surface area contributed by atoms with Crippen molar-refractivity contribution in [3.8, 4) is 0 Å². The van der Waals surface area contributed by atoms with Gasteiger partial charge in [-0.3, -0.25) is 19.7 Å². The average Bonchev–Trinajstić information content (AvgIpc) is 3.12. The summed E-state index contributed by atoms with van der Waals surface area (Å²) >= 11 is 0. The van der Waals surface area contributed by atoms with Crippen LogP contribution in [0.3, 0.4) is 0 Å². The van der Waals surface area contributed by atoms with Crippen LogP contribution in [0.4, 0.5) is 17.1 Å². The minimum absolute atomic E-state index is 0.0292. The molecule has 37 heavy (non-hydrogen) atoms. The normalized spacial score (nSPS) is 22.2. The number of nitrogens with one attached hydrogen (secondary N) is 2. The topological polar surface area (TPSA) is 145 Å². The Morgan fingerprint density at radius 1 is 1.32 bits per heavy atom. The summed E-state index contributed by atoms with van der Waals surface area (Å²) in [4.78, 5) is 38.4. The second-order valence-electron chi connectivity index (χ2n) is 9.57. The zero-order valence-corrected chi connectivity index (χ0v) is 20.7. The summed E-state index contributed by atoms with van der Waals surface area (Å²) in [5, 5.41) is 38.3. The molecule has 1 fully saturated rings. The van der Waals surface area contributed by atoms with E-state index >= 15 is 0 Å². The number of amides is 2. The molecule has 2 amide bonds. The molecule has 3 atom stereocenters. The van der Waals surface area contributed by atoms with Crippen molar-refractivity contribution in [3.05, 3.63) is 75.9 Å². The lowest BCUT2D eigenvalue weighted by Crippen LogP contribution is -2.44. The predicted octanol–water partition coefficient (Wildman–Crippen LogP) is 2.84. The number of nitro benzene ring substituents is 1. The molecule has 196 valence electrons. The van der Waals surface area contributed by atoms with Crippen LogP contribution in [0.2, 0.25) is 0 Å². The zero-order valence-electron chi connectivity index (χ0n) is 20.7. The fraction of sp³-hybridized carbons (Fsp3) is 0.407. The highest BCUT2D eigenvalue weighted by Gasteiger charge is 2.53. The molecule has 0 radical (unpaired) electrons. The van der Waals surface area contributed by atoms with E-state index in [0.717, 1.165) is 24.9 Å². The van der Waals surface area contributed by atoms with Crippen molar-refractivity contribution in [1.82, 2.24) is 5.32 Å². The number of non-ortho nitro benzene ring substituents is 1. The van der Waals surface area contributed by atoms with E-state index < -0.39 is 22.3 Å². The Morgan fingerprint density at radius 2 is 2.08 bits per heavy atom. The lowest BCUT2D eigenvalue weighted by Gasteiger charge is -2.27. The number of hydrogen-bond acceptors (Lipinski definition) is 7. The van der Waals surface area contributed by atoms with Crippen LogP contribution in [0.1, 0.15) is 37.3 Å². The van der Waals surface area contributed by atoms with E-state index in [1.807, 2.05) is 0 Å². The Hall–Kier alpha value is -3.60. The molecule has 10 heteroatoms. The SMILES string of the molecule is C[C@@H](/C=C/CCO)[C@]1(O)C(=O)N(Cc2ccc(NC(=O)C3CCCNC3)cc2)c2ccc([N+](=O)[O-])cc21. The van der Waals surface area contributed by atoms with Crippen molar-refractivity contribution in [2.75, 3.05) is 29.9 Å². The Labute approximate surface area is 215 Å². The van der Waals surface area contributed by atoms with Gasteiger partial charge in [-0.15, -0.1) is 0 Å². The van der Waals surface area contributed by atoms with Gasteiger partial charge in [0.2, 0.25) is 5.91 Å². The summed E-state index contributed by atoms with van der Waals surface area (Å²) in [5.74, 6) is -1.36. The lowest BCUT2D eigenvalue weighted by molar-refractivity contribution is -0.385. The highest BCUT2D eigenvalue weighted by Crippen LogP contribution is 2.47. The minimum Gasteiger partial charge on any atom is -0.396 e. The van der Waals surface area contributed by atoms with E-state index in [-0.39, 0.29) is 36.2 Å². The van der Waals surface area contributed by atoms with Crippen molar-refractivity contribution in [2.24, 2.45) is 11.8 Å². The Balaban J connectivity index is 1.56. The van der Waals surface area contributed by atoms with Crippen molar-refractivity contribution < 1.29 is 24.7 Å². The Kier molecular flexibility index (Phi) is 8.01. The summed E-state index contributed by atoms with van der Waals surface area (Å²) in [5.41, 5.74) is -0.202. The summed E-state index contributed by atoms with van der Waals surface area (Å²) in [6.45, 7) is 3.32. The zero-order chi connectivity index (χ0) is 26.6. The first-order valence-corrected chi connectivity index (χ1v) is 12.5. The quantitative estimate of drug-likeness (QED) is 0.232. The van der Waals surface area contributed by atoms with Gasteiger partial charge in [-0.25, -0.2) is 0 Å². The number of benzene rings is 2. The Bertz CT molecular complexity index is 1190. The first-order chi connectivity index (χ1) is 17.8. The molecule has 0 aromatic heterocycles. The molecule has 4 rings (SSSR count). The molecule has 1 saturated heterocycles. The molecule has 0 aliphatic carbocycles. The number of anilines is 2. The van der Waals surface area contributed by atoms with Gasteiger partial charge in [0.15, 0.2) is 5.60 Å². The van der Waals surface area contributed by atoms with Crippen LogP contribution >= 0.6 is 0 Å². The number of aliphatic hydroxyl groups is 2. The second-order valence-corrected chi connectivity index (χ2v) is 9.57. The molecule has 4 N–H and O–H groups in total. The number of hydrogen-bond donors (Lipinski definition) is 4. The van der Waals surface area contributed by atoms with Crippen LogP contribution in [0.25, 0.3) is 0 Å². The van der Waals surface area contributed by atoms with Crippen LogP contribution < -0.4 is 15.5 Å². The van der Waals surface area contributed by atoms with Gasteiger partial charge in [0.1, 0.15) is 0 Å². The van der Waals surface area contributed by atoms with Crippen LogP contribution in [0, 0.1) is 22.0 Å². The van der Waals surface area contributed by atoms with Crippen molar-refractivity contribution in [1.29, 1.82) is 0 Å². The number of piperidine rings is 1. The molecule has 0 spiro atoms. The standard InChI is InChI=1S/C27H32N4O6/c1-18(5-2-3-14-32)27(35)23-15-22(31(36)37)11-12-24(23)30(26(27)34)17-19-7-9-21(10-8-19)29-25(33)20-6-4-13-28-16-20/h2,5,7-12,15,18,20,28,32,35H,3-4,6,13-14,16-17H2,1H3,(H,29,33)/b5-2+/t18-,20?,27+/m0/s1. The first-order valence-electron chi connectivity index (χ1n) is 12.5. The number of carbonyl (C=O) groups is 2. The first kappa shape index (κ1) is 26.5. The summed E-state index contributed by atoms with van der Waals surface area (Å²) < 4.78 is 0. The largest absolute Gasteiger partial charge is 0.396 e. The van der Waals surface area contributed by atoms with Gasteiger partial charge in [-0.1, -0.05) is 31.2 Å². The van der Waals surface area contributed by atoms with Gasteiger partial charge in [-0.2, -0.15) is 0 Å². The maximum absolute atomic E-state index is 13.6. The number of fused-ring (bicyclic) bond motifs is 1. The van der Waals surface area contributed by atoms with E-state index in [2.05, 4.69) is 10.6 Å². The highest BCUT2D eigenvalue weighted by atomic mass is 16.6. The lowest BCUT2D eigenvalue weighted by atomic mass is 9.82. The number of carbonyl (C=O) groups excluding carboxylic acids is 2. The van der Waals surface area contributed by atoms with E-state index in [1.54, 1.807) is 43.3 Å². The van der Waals surface area contributed by atoms with E-state index in [1.165, 1.54) is 23.1 Å². The van der Waals surface area contributed by atoms with Gasteiger partial charge in [-0.05, 0) is 49.6 Å². The minimum atomic E-state index is -1.99. The Morgan fingerprint density at radius 3 is 2.73 bits per heavy atom. The summed E-state index contributed by atoms with van der Waals surface area (Å²) in [7, 11) is 0. The molecular formula is C27H32N4O6. The third kappa shape index (κ3) is 5.41. The molecule has 0 saturated carbocycles. The maximum Gasteiger partial charge on any atom is 0.269 e. The van der Waals surface area contributed by atoms with Gasteiger partial charge >= 0.3 is 0 Å². The number of rotatable bonds is 9.